The van der Waals surface area contributed by atoms with Gasteiger partial charge in [-0.2, -0.15) is 14.6 Å². The Balaban J connectivity index is 0.000000172. The van der Waals surface area contributed by atoms with Crippen LogP contribution in [0.2, 0.25) is 0 Å². The van der Waals surface area contributed by atoms with Crippen molar-refractivity contribution in [3.8, 4) is 10.9 Å². The fourth-order valence-electron chi connectivity index (χ4n) is 9.04. The highest BCUT2D eigenvalue weighted by Crippen LogP contribution is 2.32. The fourth-order valence-corrected chi connectivity index (χ4v) is 12.4. The molecule has 0 aliphatic carbocycles. The first-order valence-electron chi connectivity index (χ1n) is 32.5. The Hall–Kier alpha value is -8.72. The van der Waals surface area contributed by atoms with Crippen molar-refractivity contribution in [1.29, 1.82) is 0 Å². The van der Waals surface area contributed by atoms with Crippen LogP contribution in [-0.2, 0) is 32.2 Å². The van der Waals surface area contributed by atoms with Gasteiger partial charge in [0, 0.05) is 119 Å². The van der Waals surface area contributed by atoms with E-state index in [1.165, 1.54) is 99.4 Å². The summed E-state index contributed by atoms with van der Waals surface area (Å²) in [5, 5.41) is 18.6. The molecule has 6 heterocycles. The molecular weight excluding hydrogens is 1410 g/mol. The molecule has 0 fully saturated rings. The van der Waals surface area contributed by atoms with Crippen LogP contribution in [0.25, 0.3) is 0 Å². The van der Waals surface area contributed by atoms with Gasteiger partial charge in [-0.1, -0.05) is 130 Å². The number of nitrogens with zero attached hydrogens (tertiary/aromatic N) is 9. The lowest BCUT2D eigenvalue weighted by Crippen LogP contribution is -2.11. The lowest BCUT2D eigenvalue weighted by molar-refractivity contribution is 0.431. The molecule has 11 aromatic rings. The molecular formula is C76H77F12N9OS4. The molecule has 6 aromatic carbocycles. The van der Waals surface area contributed by atoms with Crippen LogP contribution >= 0.6 is 45.5 Å². The molecule has 0 bridgehead atoms. The summed E-state index contributed by atoms with van der Waals surface area (Å²) >= 11 is 5.84. The van der Waals surface area contributed by atoms with Crippen LogP contribution < -0.4 is 4.74 Å². The van der Waals surface area contributed by atoms with E-state index in [-0.39, 0.29) is 16.9 Å². The van der Waals surface area contributed by atoms with Gasteiger partial charge in [-0.15, -0.1) is 27.8 Å². The minimum absolute atomic E-state index is 0.0575. The second-order valence-electron chi connectivity index (χ2n) is 25.3. The monoisotopic (exact) mass is 1490 g/mol. The van der Waals surface area contributed by atoms with Gasteiger partial charge in [0.05, 0.1) is 29.3 Å². The van der Waals surface area contributed by atoms with Gasteiger partial charge >= 0.3 is 0 Å². The summed E-state index contributed by atoms with van der Waals surface area (Å²) in [7, 11) is 0. The summed E-state index contributed by atoms with van der Waals surface area (Å²) < 4.78 is 168. The molecule has 1 aliphatic heterocycles. The smallest absolute Gasteiger partial charge is 0.299 e. The Morgan fingerprint density at radius 2 is 0.922 bits per heavy atom. The van der Waals surface area contributed by atoms with Gasteiger partial charge in [0.2, 0.25) is 0 Å². The average Bonchev–Trinajstić information content (AvgIpc) is 1.89. The lowest BCUT2D eigenvalue weighted by atomic mass is 9.99. The third-order valence-electron chi connectivity index (χ3n) is 14.9. The largest absolute Gasteiger partial charge is 0.427 e. The zero-order valence-corrected chi connectivity index (χ0v) is 61.4. The number of benzene rings is 6. The van der Waals surface area contributed by atoms with Crippen molar-refractivity contribution in [2.24, 2.45) is 16.1 Å². The number of imidazole rings is 1. The normalized spacial score (nSPS) is 11.7. The summed E-state index contributed by atoms with van der Waals surface area (Å²) in [5.41, 5.74) is 5.18. The molecule has 0 radical (unpaired) electrons. The Morgan fingerprint density at radius 1 is 0.431 bits per heavy atom. The van der Waals surface area contributed by atoms with Crippen LogP contribution in [0, 0.1) is 75.7 Å². The maximum Gasteiger partial charge on any atom is 0.299 e. The molecule has 0 N–H and O–H groups in total. The van der Waals surface area contributed by atoms with Gasteiger partial charge in [-0.05, 0) is 112 Å². The number of thiophene rings is 1. The van der Waals surface area contributed by atoms with E-state index in [1.807, 2.05) is 60.0 Å². The van der Waals surface area contributed by atoms with E-state index < -0.39 is 69.8 Å². The minimum Gasteiger partial charge on any atom is -0.427 e. The Morgan fingerprint density at radius 3 is 1.35 bits per heavy atom. The van der Waals surface area contributed by atoms with Gasteiger partial charge in [-0.25, -0.2) is 67.6 Å². The Labute approximate surface area is 602 Å². The number of aromatic nitrogens is 7. The van der Waals surface area contributed by atoms with Gasteiger partial charge in [0.1, 0.15) is 79.8 Å². The van der Waals surface area contributed by atoms with Crippen molar-refractivity contribution in [1.82, 2.24) is 34.1 Å². The molecule has 102 heavy (non-hydrogen) atoms. The first kappa shape index (κ1) is 80.6. The van der Waals surface area contributed by atoms with Crippen LogP contribution in [0.5, 0.6) is 10.9 Å². The molecule has 0 spiro atoms. The van der Waals surface area contributed by atoms with E-state index in [1.54, 1.807) is 33.6 Å². The predicted octanol–water partition coefficient (Wildman–Crippen LogP) is 22.8. The second-order valence-corrected chi connectivity index (χ2v) is 29.4. The zero-order valence-electron chi connectivity index (χ0n) is 58.1. The summed E-state index contributed by atoms with van der Waals surface area (Å²) in [6, 6.07) is 25.4. The highest BCUT2D eigenvalue weighted by Gasteiger charge is 2.19. The predicted molar refractivity (Wildman–Crippen MR) is 383 cm³/mol. The average molecular weight is 1490 g/mol. The van der Waals surface area contributed by atoms with Crippen LogP contribution in [0.3, 0.4) is 0 Å². The summed E-state index contributed by atoms with van der Waals surface area (Å²) in [6.07, 6.45) is 7.71. The third kappa shape index (κ3) is 25.4. The molecule has 10 nitrogen and oxygen atoms in total. The number of thiazole rings is 1. The van der Waals surface area contributed by atoms with Crippen molar-refractivity contribution in [3.63, 3.8) is 0 Å². The van der Waals surface area contributed by atoms with E-state index in [4.69, 9.17) is 4.74 Å². The van der Waals surface area contributed by atoms with Crippen molar-refractivity contribution in [2.45, 2.75) is 151 Å². The van der Waals surface area contributed by atoms with Gasteiger partial charge in [0.15, 0.2) is 11.6 Å². The molecule has 0 saturated carbocycles. The SMILES string of the molecule is CC(C)C1=NN=C(Cc2ccc(F)cc2F)C1.CC(C)c1ccc(Cc2ccc(F)cc2F)s1.CC(C)c1cn(Cc2ccc(F)cc2F)cn1.CC(C)c1cnc(Cc2ccc(F)cc2F)s1.CC(C)c1nc(Cc2ccc(F)cc2F)ns1.CC(C)c1nnc(Oc2ccc(F)cc2F)s1. The van der Waals surface area contributed by atoms with E-state index >= 15 is 0 Å². The van der Waals surface area contributed by atoms with Gasteiger partial charge in [-0.3, -0.25) is 0 Å². The summed E-state index contributed by atoms with van der Waals surface area (Å²) in [4.78, 5) is 16.4. The molecule has 0 unspecified atom stereocenters. The Kier molecular flexibility index (Phi) is 30.4. The maximum absolute atomic E-state index is 13.5. The summed E-state index contributed by atoms with van der Waals surface area (Å²) in [6.45, 7) is 25.0. The van der Waals surface area contributed by atoms with E-state index in [9.17, 15) is 52.7 Å². The molecule has 5 aromatic heterocycles. The molecule has 12 rings (SSSR count). The number of hydrogen-bond donors (Lipinski definition) is 0. The minimum atomic E-state index is -0.758. The van der Waals surface area contributed by atoms with Gasteiger partial charge in [0.25, 0.3) is 5.19 Å². The molecule has 0 atom stereocenters. The molecule has 0 amide bonds. The van der Waals surface area contributed by atoms with E-state index in [2.05, 4.69) is 87.3 Å². The highest BCUT2D eigenvalue weighted by molar-refractivity contribution is 7.13. The van der Waals surface area contributed by atoms with Crippen LogP contribution in [-0.4, -0.2) is 45.5 Å². The summed E-state index contributed by atoms with van der Waals surface area (Å²) in [5.74, 6) is -4.02. The lowest BCUT2D eigenvalue weighted by Gasteiger charge is -2.05. The topological polar surface area (TPSA) is 116 Å². The van der Waals surface area contributed by atoms with E-state index in [0.717, 1.165) is 79.5 Å². The number of hydrogen-bond acceptors (Lipinski definition) is 13. The molecule has 26 heteroatoms. The van der Waals surface area contributed by atoms with Crippen molar-refractivity contribution in [2.75, 3.05) is 0 Å². The third-order valence-corrected chi connectivity index (χ3v) is 19.7. The fraction of sp³-hybridized carbons (Fsp3) is 0.316. The van der Waals surface area contributed by atoms with Crippen LogP contribution in [0.4, 0.5) is 52.7 Å². The van der Waals surface area contributed by atoms with Crippen LogP contribution in [0.1, 0.15) is 188 Å². The highest BCUT2D eigenvalue weighted by atomic mass is 32.1. The number of ether oxygens (including phenoxy) is 1. The maximum atomic E-state index is 13.5. The van der Waals surface area contributed by atoms with E-state index in [0.29, 0.717) is 102 Å². The number of rotatable bonds is 18. The molecule has 0 saturated heterocycles. The quantitative estimate of drug-likeness (QED) is 0.0786. The van der Waals surface area contributed by atoms with Crippen molar-refractivity contribution in [3.05, 3.63) is 279 Å². The zero-order chi connectivity index (χ0) is 74.5. The van der Waals surface area contributed by atoms with Crippen LogP contribution in [0.15, 0.2) is 150 Å². The first-order valence-corrected chi connectivity index (χ1v) is 35.7. The van der Waals surface area contributed by atoms with Crippen molar-refractivity contribution < 1.29 is 57.4 Å². The van der Waals surface area contributed by atoms with Crippen molar-refractivity contribution >= 4 is 57.0 Å². The second kappa shape index (κ2) is 38.5. The Bertz CT molecular complexity index is 4020. The first-order chi connectivity index (χ1) is 48.4. The molecule has 540 valence electrons. The number of halogens is 12. The molecule has 1 aliphatic rings. The van der Waals surface area contributed by atoms with Gasteiger partial charge < -0.3 is 9.30 Å². The standard InChI is InChI=1S/C14H14F2S.2C13H14F2N2.C13H13F2NS.C12H12F2N2S.C11H10F2N2OS/c1-9(2)14-6-5-12(17-14)7-10-3-4-11(15)8-13(10)16;1-9(2)13-7-17(8-16-13)6-10-3-4-11(14)5-12(10)15;1-8(2)13-7-11(16-17-13)5-9-3-4-10(14)6-12(9)15;1-8(2)12-7-16-13(17-12)5-9-3-4-10(14)6-11(9)15;1-7(2)12-15-11(16-17-12)5-8-3-4-9(13)6-10(8)14;1-6(2)10-14-15-11(17-10)16-9-4-3-7(12)5-8(9)13/h3-6,8-9H,7H2,1-2H3;3-5,7-9H,6H2,1-2H3;3-4,6,8H,5,7H2,1-2H3;3-4,6-8H,5H2,1-2H3;3-4,6-7H,5H2,1-2H3;3-6H,1-2H3.